The lowest BCUT2D eigenvalue weighted by Gasteiger charge is -2.13. The van der Waals surface area contributed by atoms with Crippen LogP contribution in [0.25, 0.3) is 22.3 Å². The van der Waals surface area contributed by atoms with Crippen LogP contribution < -0.4 is 15.4 Å². The Kier molecular flexibility index (Phi) is 6.33. The molecule has 2 amide bonds. The molecule has 0 unspecified atom stereocenters. The van der Waals surface area contributed by atoms with E-state index in [1.165, 1.54) is 30.3 Å². The van der Waals surface area contributed by atoms with Crippen LogP contribution in [0.2, 0.25) is 0 Å². The zero-order valence-corrected chi connectivity index (χ0v) is 18.7. The van der Waals surface area contributed by atoms with Crippen LogP contribution in [0.5, 0.6) is 11.5 Å². The molecule has 11 heteroatoms. The third-order valence-corrected chi connectivity index (χ3v) is 5.14. The van der Waals surface area contributed by atoms with Gasteiger partial charge in [0.1, 0.15) is 11.6 Å². The molecule has 37 heavy (non-hydrogen) atoms. The molecule has 0 aliphatic carbocycles. The second-order valence-corrected chi connectivity index (χ2v) is 7.70. The minimum absolute atomic E-state index is 0.0214. The lowest BCUT2D eigenvalue weighted by molar-refractivity contribution is 0.262. The Labute approximate surface area is 206 Å². The van der Waals surface area contributed by atoms with Crippen molar-refractivity contribution in [3.63, 3.8) is 0 Å². The van der Waals surface area contributed by atoms with Gasteiger partial charge < -0.3 is 15.4 Å². The van der Waals surface area contributed by atoms with Crippen LogP contribution in [-0.4, -0.2) is 21.0 Å². The van der Waals surface area contributed by atoms with E-state index in [1.54, 1.807) is 30.7 Å². The van der Waals surface area contributed by atoms with E-state index in [-0.39, 0.29) is 11.4 Å². The summed E-state index contributed by atoms with van der Waals surface area (Å²) in [6, 6.07) is 12.3. The number of carbonyl (C=O) groups is 1. The number of hydrogen-bond acceptors (Lipinski definition) is 5. The summed E-state index contributed by atoms with van der Waals surface area (Å²) in [6.07, 6.45) is 4.78. The molecule has 5 rings (SSSR count). The van der Waals surface area contributed by atoms with Crippen LogP contribution in [-0.2, 0) is 0 Å². The van der Waals surface area contributed by atoms with Gasteiger partial charge >= 0.3 is 6.03 Å². The van der Waals surface area contributed by atoms with Gasteiger partial charge in [-0.1, -0.05) is 6.07 Å². The topological polar surface area (TPSA) is 89.0 Å². The maximum Gasteiger partial charge on any atom is 0.323 e. The van der Waals surface area contributed by atoms with Crippen molar-refractivity contribution in [3.05, 3.63) is 103 Å². The molecule has 0 radical (unpaired) electrons. The number of amides is 2. The monoisotopic (exact) mass is 505 g/mol. The molecule has 0 bridgehead atoms. The lowest BCUT2D eigenvalue weighted by Crippen LogP contribution is -2.20. The highest BCUT2D eigenvalue weighted by Crippen LogP contribution is 2.34. The number of benzene rings is 3. The number of ether oxygens (including phenoxy) is 1. The average Bonchev–Trinajstić information content (AvgIpc) is 2.89. The van der Waals surface area contributed by atoms with E-state index in [0.717, 1.165) is 12.1 Å². The van der Waals surface area contributed by atoms with E-state index in [2.05, 4.69) is 20.3 Å². The quantitative estimate of drug-likeness (QED) is 0.205. The maximum absolute atomic E-state index is 14.7. The molecule has 0 saturated carbocycles. The van der Waals surface area contributed by atoms with Crippen molar-refractivity contribution in [2.75, 3.05) is 10.6 Å². The number of nitrogens with one attached hydrogen (secondary N) is 2. The van der Waals surface area contributed by atoms with Gasteiger partial charge in [-0.15, -0.1) is 0 Å². The number of carbonyl (C=O) groups excluding carboxylic acids is 1. The third kappa shape index (κ3) is 5.15. The molecule has 2 N–H and O–H groups in total. The van der Waals surface area contributed by atoms with E-state index in [1.807, 2.05) is 5.32 Å². The second kappa shape index (κ2) is 9.90. The van der Waals surface area contributed by atoms with Crippen molar-refractivity contribution in [2.45, 2.75) is 0 Å². The van der Waals surface area contributed by atoms with E-state index >= 15 is 0 Å². The molecule has 0 aliphatic heterocycles. The zero-order valence-electron chi connectivity index (χ0n) is 18.7. The maximum atomic E-state index is 14.7. The van der Waals surface area contributed by atoms with Gasteiger partial charge in [0.15, 0.2) is 11.6 Å². The highest BCUT2D eigenvalue weighted by Gasteiger charge is 2.22. The van der Waals surface area contributed by atoms with E-state index in [9.17, 15) is 22.4 Å². The van der Waals surface area contributed by atoms with Crippen LogP contribution in [0.3, 0.4) is 0 Å². The molecular formula is C26H15F4N5O2. The highest BCUT2D eigenvalue weighted by atomic mass is 19.2. The fourth-order valence-electron chi connectivity index (χ4n) is 3.44. The number of hydrogen-bond donors (Lipinski definition) is 2. The summed E-state index contributed by atoms with van der Waals surface area (Å²) in [5, 5.41) is 4.23. The molecule has 184 valence electrons. The summed E-state index contributed by atoms with van der Waals surface area (Å²) in [4.78, 5) is 24.9. The molecule has 0 atom stereocenters. The van der Waals surface area contributed by atoms with Crippen molar-refractivity contribution in [2.24, 2.45) is 0 Å². The Balaban J connectivity index is 1.38. The lowest BCUT2D eigenvalue weighted by atomic mass is 10.2. The molecular weight excluding hydrogens is 490 g/mol. The second-order valence-electron chi connectivity index (χ2n) is 7.70. The summed E-state index contributed by atoms with van der Waals surface area (Å²) in [5.74, 6) is -6.12. The highest BCUT2D eigenvalue weighted by molar-refractivity contribution is 5.99. The molecule has 0 fully saturated rings. The van der Waals surface area contributed by atoms with Crippen LogP contribution in [0.15, 0.2) is 79.3 Å². The fourth-order valence-corrected chi connectivity index (χ4v) is 3.44. The zero-order chi connectivity index (χ0) is 25.9. The van der Waals surface area contributed by atoms with Crippen LogP contribution in [0.1, 0.15) is 0 Å². The number of aromatic nitrogens is 3. The molecule has 7 nitrogen and oxygen atoms in total. The van der Waals surface area contributed by atoms with E-state index in [0.29, 0.717) is 28.4 Å². The Morgan fingerprint density at radius 3 is 2.49 bits per heavy atom. The molecule has 0 aliphatic rings. The molecule has 0 spiro atoms. The number of urea groups is 1. The number of nitrogens with zero attached hydrogens (tertiary/aromatic N) is 3. The van der Waals surface area contributed by atoms with Crippen LogP contribution in [0.4, 0.5) is 33.7 Å². The van der Waals surface area contributed by atoms with Gasteiger partial charge in [0, 0.05) is 35.8 Å². The predicted molar refractivity (Wildman–Crippen MR) is 128 cm³/mol. The Morgan fingerprint density at radius 2 is 1.70 bits per heavy atom. The van der Waals surface area contributed by atoms with E-state index < -0.39 is 40.7 Å². The summed E-state index contributed by atoms with van der Waals surface area (Å²) in [7, 11) is 0. The first-order valence-electron chi connectivity index (χ1n) is 10.7. The number of fused-ring (bicyclic) bond motifs is 1. The van der Waals surface area contributed by atoms with Crippen LogP contribution in [0, 0.1) is 23.3 Å². The predicted octanol–water partition coefficient (Wildman–Crippen LogP) is 6.68. The minimum atomic E-state index is -1.66. The summed E-state index contributed by atoms with van der Waals surface area (Å²) >= 11 is 0. The Hall–Kier alpha value is -5.06. The smallest absolute Gasteiger partial charge is 0.323 e. The van der Waals surface area contributed by atoms with Gasteiger partial charge in [-0.3, -0.25) is 9.97 Å². The fraction of sp³-hybridized carbons (Fsp3) is 0. The normalized spacial score (nSPS) is 10.8. The van der Waals surface area contributed by atoms with E-state index in [4.69, 9.17) is 4.74 Å². The standard InChI is InChI=1S/C26H15F4N5O2/c27-15-4-1-5-16(9-15)33-26(36)35-21-11-18(28)25(24(30)23(21)29)37-17-6-7-19-20(10-17)34-22(13-32-19)14-3-2-8-31-12-14/h1-13H,(H2,33,35,36). The minimum Gasteiger partial charge on any atom is -0.451 e. The number of pyridine rings is 1. The number of anilines is 2. The van der Waals surface area contributed by atoms with Gasteiger partial charge in [-0.05, 0) is 42.5 Å². The van der Waals surface area contributed by atoms with Crippen LogP contribution >= 0.6 is 0 Å². The molecule has 2 aromatic heterocycles. The van der Waals surface area contributed by atoms with Gasteiger partial charge in [0.05, 0.1) is 28.6 Å². The Morgan fingerprint density at radius 1 is 0.838 bits per heavy atom. The largest absolute Gasteiger partial charge is 0.451 e. The first-order valence-corrected chi connectivity index (χ1v) is 10.7. The number of halogens is 4. The van der Waals surface area contributed by atoms with Gasteiger partial charge in [0.2, 0.25) is 11.6 Å². The molecule has 3 aromatic carbocycles. The molecule has 5 aromatic rings. The first-order chi connectivity index (χ1) is 17.9. The van der Waals surface area contributed by atoms with Crippen molar-refractivity contribution >= 4 is 28.4 Å². The van der Waals surface area contributed by atoms with Gasteiger partial charge in [-0.25, -0.2) is 22.9 Å². The third-order valence-electron chi connectivity index (χ3n) is 5.14. The molecule has 0 saturated heterocycles. The first kappa shape index (κ1) is 23.7. The summed E-state index contributed by atoms with van der Waals surface area (Å²) in [5.41, 5.74) is 1.38. The Bertz CT molecular complexity index is 1630. The summed E-state index contributed by atoms with van der Waals surface area (Å²) in [6.45, 7) is 0. The SMILES string of the molecule is O=C(Nc1cccc(F)c1)Nc1cc(F)c(Oc2ccc3ncc(-c4cccnc4)nc3c2)c(F)c1F. The van der Waals surface area contributed by atoms with Crippen molar-refractivity contribution in [1.82, 2.24) is 15.0 Å². The van der Waals surface area contributed by atoms with Gasteiger partial charge in [-0.2, -0.15) is 4.39 Å². The molecule has 2 heterocycles. The van der Waals surface area contributed by atoms with Crippen molar-refractivity contribution < 1.29 is 27.1 Å². The average molecular weight is 505 g/mol. The van der Waals surface area contributed by atoms with Gasteiger partial charge in [0.25, 0.3) is 0 Å². The summed E-state index contributed by atoms with van der Waals surface area (Å²) < 4.78 is 62.7. The van der Waals surface area contributed by atoms with Crippen molar-refractivity contribution in [3.8, 4) is 22.8 Å². The van der Waals surface area contributed by atoms with Crippen molar-refractivity contribution in [1.29, 1.82) is 0 Å². The number of rotatable bonds is 5.